The van der Waals surface area contributed by atoms with E-state index >= 15 is 0 Å². The molecular formula is C45H73N5O9. The Hall–Kier alpha value is -4.27. The molecule has 0 heterocycles. The van der Waals surface area contributed by atoms with Crippen molar-refractivity contribution in [1.82, 2.24) is 20.4 Å². The number of carbonyl (C=O) groups excluding carboxylic acids is 5. The van der Waals surface area contributed by atoms with Crippen molar-refractivity contribution in [2.24, 2.45) is 5.73 Å². The van der Waals surface area contributed by atoms with E-state index in [0.29, 0.717) is 32.7 Å². The molecule has 0 saturated carbocycles. The topological polar surface area (TPSA) is 179 Å². The summed E-state index contributed by atoms with van der Waals surface area (Å²) >= 11 is 0. The summed E-state index contributed by atoms with van der Waals surface area (Å²) < 4.78 is 23.3. The first-order valence-electron chi connectivity index (χ1n) is 21.3. The normalized spacial score (nSPS) is 14.5. The van der Waals surface area contributed by atoms with Crippen molar-refractivity contribution in [1.29, 1.82) is 0 Å². The van der Waals surface area contributed by atoms with Gasteiger partial charge in [0, 0.05) is 60.4 Å². The number of ether oxygens (including phenoxy) is 4. The third-order valence-electron chi connectivity index (χ3n) is 10.00. The number of nitrogens with zero attached hydrogens (tertiary/aromatic N) is 2. The molecule has 0 radical (unpaired) electrons. The number of rotatable bonds is 31. The van der Waals surface area contributed by atoms with E-state index in [-0.39, 0.29) is 31.3 Å². The van der Waals surface area contributed by atoms with Crippen LogP contribution in [0.1, 0.15) is 122 Å². The van der Waals surface area contributed by atoms with Crippen molar-refractivity contribution < 1.29 is 42.9 Å². The van der Waals surface area contributed by atoms with E-state index in [4.69, 9.17) is 24.7 Å². The number of unbranched alkanes of at least 4 members (excludes halogenated alkanes) is 3. The van der Waals surface area contributed by atoms with E-state index in [1.807, 2.05) is 44.1 Å². The predicted molar refractivity (Wildman–Crippen MR) is 229 cm³/mol. The molecule has 332 valence electrons. The SMILES string of the molecule is CNC(=O)C(CCC=O)N(C=O)C1=CCCC(CCCOCCCCCCOCCCc2ccc(CO[C@H](C)[C@H](CCC(N)=O)NC(=O)OC(C)(C)C)cc2)=C1N(C)C. The first kappa shape index (κ1) is 50.9. The molecule has 0 aromatic heterocycles. The first-order valence-corrected chi connectivity index (χ1v) is 21.3. The molecule has 0 aliphatic heterocycles. The van der Waals surface area contributed by atoms with Gasteiger partial charge in [-0.2, -0.15) is 0 Å². The van der Waals surface area contributed by atoms with Crippen molar-refractivity contribution >= 4 is 30.6 Å². The van der Waals surface area contributed by atoms with E-state index in [9.17, 15) is 24.0 Å². The van der Waals surface area contributed by atoms with Crippen molar-refractivity contribution in [3.63, 3.8) is 0 Å². The van der Waals surface area contributed by atoms with Crippen LogP contribution in [0.5, 0.6) is 0 Å². The van der Waals surface area contributed by atoms with Crippen molar-refractivity contribution in [2.75, 3.05) is 47.6 Å². The molecule has 4 N–H and O–H groups in total. The zero-order valence-electron chi connectivity index (χ0n) is 36.9. The number of hydrogen-bond donors (Lipinski definition) is 3. The summed E-state index contributed by atoms with van der Waals surface area (Å²) in [5.41, 5.74) is 9.87. The molecule has 1 unspecified atom stereocenters. The van der Waals surface area contributed by atoms with Crippen LogP contribution >= 0.6 is 0 Å². The van der Waals surface area contributed by atoms with Gasteiger partial charge in [-0.1, -0.05) is 43.2 Å². The molecule has 4 amide bonds. The Morgan fingerprint density at radius 2 is 1.49 bits per heavy atom. The van der Waals surface area contributed by atoms with Gasteiger partial charge >= 0.3 is 6.09 Å². The highest BCUT2D eigenvalue weighted by atomic mass is 16.6. The van der Waals surface area contributed by atoms with Gasteiger partial charge in [-0.15, -0.1) is 0 Å². The highest BCUT2D eigenvalue weighted by Crippen LogP contribution is 2.33. The van der Waals surface area contributed by atoms with Crippen molar-refractivity contribution in [3.8, 4) is 0 Å². The van der Waals surface area contributed by atoms with Gasteiger partial charge in [0.2, 0.25) is 18.2 Å². The number of carbonyl (C=O) groups is 5. The van der Waals surface area contributed by atoms with Crippen LogP contribution in [0.15, 0.2) is 47.3 Å². The lowest BCUT2D eigenvalue weighted by Crippen LogP contribution is -2.46. The average Bonchev–Trinajstić information content (AvgIpc) is 3.19. The van der Waals surface area contributed by atoms with Gasteiger partial charge in [0.1, 0.15) is 17.9 Å². The van der Waals surface area contributed by atoms with Gasteiger partial charge in [-0.3, -0.25) is 14.4 Å². The molecular weight excluding hydrogens is 755 g/mol. The van der Waals surface area contributed by atoms with Crippen LogP contribution in [0, 0.1) is 0 Å². The molecule has 0 bridgehead atoms. The Kier molecular flexibility index (Phi) is 24.4. The number of nitrogens with two attached hydrogens (primary N) is 1. The van der Waals surface area contributed by atoms with E-state index in [1.165, 1.54) is 23.1 Å². The second-order valence-electron chi connectivity index (χ2n) is 16.3. The lowest BCUT2D eigenvalue weighted by atomic mass is 9.93. The molecule has 14 nitrogen and oxygen atoms in total. The highest BCUT2D eigenvalue weighted by molar-refractivity contribution is 5.84. The van der Waals surface area contributed by atoms with Crippen LogP contribution in [0.4, 0.5) is 4.79 Å². The molecule has 3 atom stereocenters. The molecule has 2 rings (SSSR count). The minimum Gasteiger partial charge on any atom is -0.444 e. The molecule has 1 aromatic carbocycles. The Morgan fingerprint density at radius 3 is 2.05 bits per heavy atom. The quantitative estimate of drug-likeness (QED) is 0.0585. The van der Waals surface area contributed by atoms with Gasteiger partial charge in [-0.05, 0) is 109 Å². The number of aldehydes is 1. The first-order chi connectivity index (χ1) is 28.2. The number of aryl methyl sites for hydroxylation is 1. The number of benzene rings is 1. The van der Waals surface area contributed by atoms with E-state index in [2.05, 4.69) is 22.8 Å². The third-order valence-corrected chi connectivity index (χ3v) is 10.00. The number of hydrogen-bond acceptors (Lipinski definition) is 10. The fraction of sp³-hybridized carbons (Fsp3) is 0.667. The Labute approximate surface area is 353 Å². The molecule has 1 aliphatic carbocycles. The maximum atomic E-state index is 12.7. The third kappa shape index (κ3) is 20.5. The van der Waals surface area contributed by atoms with Gasteiger partial charge in [0.05, 0.1) is 30.1 Å². The average molecular weight is 828 g/mol. The minimum absolute atomic E-state index is 0.131. The maximum Gasteiger partial charge on any atom is 0.407 e. The molecule has 14 heteroatoms. The van der Waals surface area contributed by atoms with Gasteiger partial charge < -0.3 is 49.9 Å². The van der Waals surface area contributed by atoms with Crippen molar-refractivity contribution in [3.05, 3.63) is 58.4 Å². The van der Waals surface area contributed by atoms with Crippen LogP contribution in [0.3, 0.4) is 0 Å². The largest absolute Gasteiger partial charge is 0.444 e. The predicted octanol–water partition coefficient (Wildman–Crippen LogP) is 6.10. The summed E-state index contributed by atoms with van der Waals surface area (Å²) in [7, 11) is 5.44. The van der Waals surface area contributed by atoms with Crippen LogP contribution in [0.25, 0.3) is 0 Å². The van der Waals surface area contributed by atoms with Gasteiger partial charge in [-0.25, -0.2) is 4.79 Å². The van der Waals surface area contributed by atoms with Crippen LogP contribution in [0.2, 0.25) is 0 Å². The summed E-state index contributed by atoms with van der Waals surface area (Å²) in [5, 5.41) is 5.46. The number of alkyl carbamates (subject to hydrolysis) is 1. The standard InChI is InChI=1S/C45H73N5O9/c1-34(38(25-26-41(46)53)48-44(55)59-45(2,3)4)58-32-36-23-21-35(22-24-36)16-14-30-56-28-10-8-9-11-29-57-31-15-18-37-17-12-19-39(42(37)49(6)7)50(33-52)40(20-13-27-51)43(54)47-5/h19,21-24,27,33-34,38,40H,8-18,20,25-26,28-32H2,1-7H3,(H2,46,53)(H,47,54)(H,48,55)/t34-,38+,40?/m1/s1. The summed E-state index contributed by atoms with van der Waals surface area (Å²) in [6.45, 7) is 10.5. The Balaban J connectivity index is 1.61. The number of allylic oxidation sites excluding steroid dienone is 2. The van der Waals surface area contributed by atoms with Gasteiger partial charge in [0.15, 0.2) is 0 Å². The van der Waals surface area contributed by atoms with Crippen LogP contribution < -0.4 is 16.4 Å². The van der Waals surface area contributed by atoms with Crippen LogP contribution in [-0.2, 0) is 51.2 Å². The number of amides is 4. The molecule has 0 saturated heterocycles. The second-order valence-corrected chi connectivity index (χ2v) is 16.3. The minimum atomic E-state index is -0.750. The zero-order chi connectivity index (χ0) is 43.6. The second kappa shape index (κ2) is 28.2. The molecule has 0 spiro atoms. The summed E-state index contributed by atoms with van der Waals surface area (Å²) in [4.78, 5) is 63.2. The smallest absolute Gasteiger partial charge is 0.407 e. The summed E-state index contributed by atoms with van der Waals surface area (Å²) in [5.74, 6) is -0.727. The fourth-order valence-corrected chi connectivity index (χ4v) is 6.94. The van der Waals surface area contributed by atoms with Crippen LogP contribution in [-0.4, -0.2) is 112 Å². The number of primary amides is 1. The Bertz CT molecular complexity index is 1490. The van der Waals surface area contributed by atoms with E-state index in [0.717, 1.165) is 101 Å². The highest BCUT2D eigenvalue weighted by Gasteiger charge is 2.31. The van der Waals surface area contributed by atoms with Gasteiger partial charge in [0.25, 0.3) is 0 Å². The molecule has 1 aromatic rings. The lowest BCUT2D eigenvalue weighted by molar-refractivity contribution is -0.131. The number of likely N-dealkylation sites (N-methyl/N-ethyl adjacent to an activating group) is 2. The van der Waals surface area contributed by atoms with E-state index in [1.54, 1.807) is 20.8 Å². The zero-order valence-corrected chi connectivity index (χ0v) is 36.9. The lowest BCUT2D eigenvalue weighted by Gasteiger charge is -2.36. The molecule has 59 heavy (non-hydrogen) atoms. The summed E-state index contributed by atoms with van der Waals surface area (Å²) in [6, 6.07) is 7.12. The molecule has 1 aliphatic rings. The van der Waals surface area contributed by atoms with E-state index < -0.39 is 29.7 Å². The Morgan fingerprint density at radius 1 is 0.881 bits per heavy atom. The molecule has 0 fully saturated rings. The summed E-state index contributed by atoms with van der Waals surface area (Å²) in [6.07, 6.45) is 13.0. The monoisotopic (exact) mass is 828 g/mol. The number of nitrogens with one attached hydrogen (secondary N) is 2. The van der Waals surface area contributed by atoms with Crippen molar-refractivity contribution in [2.45, 2.75) is 148 Å². The fourth-order valence-electron chi connectivity index (χ4n) is 6.94. The maximum absolute atomic E-state index is 12.7.